The molecule has 0 aromatic rings. The average molecular weight is 240 g/mol. The van der Waals surface area contributed by atoms with Crippen LogP contribution in [0.1, 0.15) is 64.7 Å². The minimum atomic E-state index is -0.751. The third-order valence-corrected chi connectivity index (χ3v) is 2.58. The van der Waals surface area contributed by atoms with E-state index in [0.717, 1.165) is 32.1 Å². The van der Waals surface area contributed by atoms with Crippen molar-refractivity contribution in [2.24, 2.45) is 0 Å². The van der Waals surface area contributed by atoms with Gasteiger partial charge in [-0.1, -0.05) is 25.5 Å². The predicted molar refractivity (Wildman–Crippen MR) is 69.0 cm³/mol. The quantitative estimate of drug-likeness (QED) is 0.442. The molecule has 0 aromatic heterocycles. The maximum atomic E-state index is 11.4. The molecular weight excluding hydrogens is 216 g/mol. The summed E-state index contributed by atoms with van der Waals surface area (Å²) in [5.41, 5.74) is 0. The number of ketones is 1. The van der Waals surface area contributed by atoms with E-state index in [4.69, 9.17) is 5.11 Å². The molecule has 0 radical (unpaired) electrons. The molecule has 3 heteroatoms. The first-order chi connectivity index (χ1) is 8.16. The summed E-state index contributed by atoms with van der Waals surface area (Å²) in [5.74, 6) is -0.440. The smallest absolute Gasteiger partial charge is 0.303 e. The lowest BCUT2D eigenvalue weighted by Crippen LogP contribution is -1.98. The number of hydrogen-bond acceptors (Lipinski definition) is 2. The van der Waals surface area contributed by atoms with Crippen molar-refractivity contribution < 1.29 is 14.7 Å². The highest BCUT2D eigenvalue weighted by Gasteiger charge is 2.02. The molecule has 1 N–H and O–H groups in total. The summed E-state index contributed by atoms with van der Waals surface area (Å²) in [5, 5.41) is 8.44. The number of unbranched alkanes of at least 4 members (excludes halogenated alkanes) is 3. The summed E-state index contributed by atoms with van der Waals surface area (Å²) in [6.07, 6.45) is 11.1. The van der Waals surface area contributed by atoms with Crippen LogP contribution >= 0.6 is 0 Å². The molecule has 0 amide bonds. The maximum Gasteiger partial charge on any atom is 0.303 e. The summed E-state index contributed by atoms with van der Waals surface area (Å²) < 4.78 is 0. The Morgan fingerprint density at radius 3 is 2.24 bits per heavy atom. The van der Waals surface area contributed by atoms with Crippen LogP contribution in [0, 0.1) is 0 Å². The number of aliphatic carboxylic acids is 1. The summed E-state index contributed by atoms with van der Waals surface area (Å²) in [6.45, 7) is 2.10. The first-order valence-corrected chi connectivity index (χ1v) is 6.55. The van der Waals surface area contributed by atoms with Crippen LogP contribution in [0.3, 0.4) is 0 Å². The molecule has 17 heavy (non-hydrogen) atoms. The monoisotopic (exact) mass is 240 g/mol. The Bertz CT molecular complexity index is 244. The highest BCUT2D eigenvalue weighted by atomic mass is 16.4. The summed E-state index contributed by atoms with van der Waals surface area (Å²) in [4.78, 5) is 21.7. The van der Waals surface area contributed by atoms with E-state index in [2.05, 4.69) is 19.1 Å². The fraction of sp³-hybridized carbons (Fsp3) is 0.714. The second-order valence-corrected chi connectivity index (χ2v) is 4.26. The first-order valence-electron chi connectivity index (χ1n) is 6.55. The number of allylic oxidation sites excluding steroid dienone is 2. The van der Waals surface area contributed by atoms with Crippen molar-refractivity contribution in [2.45, 2.75) is 64.7 Å². The van der Waals surface area contributed by atoms with Gasteiger partial charge in [-0.25, -0.2) is 0 Å². The van der Waals surface area contributed by atoms with E-state index < -0.39 is 5.97 Å². The van der Waals surface area contributed by atoms with Gasteiger partial charge in [0.25, 0.3) is 0 Å². The number of rotatable bonds is 11. The van der Waals surface area contributed by atoms with E-state index in [0.29, 0.717) is 25.0 Å². The van der Waals surface area contributed by atoms with Crippen LogP contribution in [0.2, 0.25) is 0 Å². The lowest BCUT2D eigenvalue weighted by molar-refractivity contribution is -0.137. The fourth-order valence-electron chi connectivity index (χ4n) is 1.60. The van der Waals surface area contributed by atoms with Crippen molar-refractivity contribution >= 4 is 11.8 Å². The standard InChI is InChI=1S/C14H24O3/c1-2-3-4-5-7-10-13(15)11-8-6-9-12-14(16)17/h3-4H,2,5-12H2,1H3,(H,16,17)/b4-3-. The van der Waals surface area contributed by atoms with Gasteiger partial charge < -0.3 is 5.11 Å². The Balaban J connectivity index is 3.29. The second-order valence-electron chi connectivity index (χ2n) is 4.26. The predicted octanol–water partition coefficient (Wildman–Crippen LogP) is 3.73. The molecule has 0 heterocycles. The van der Waals surface area contributed by atoms with Gasteiger partial charge in [-0.2, -0.15) is 0 Å². The molecule has 0 fully saturated rings. The van der Waals surface area contributed by atoms with E-state index in [1.54, 1.807) is 0 Å². The number of Topliss-reactive ketones (excluding diaryl/α,β-unsaturated/α-hetero) is 1. The van der Waals surface area contributed by atoms with Crippen LogP contribution in [0.4, 0.5) is 0 Å². The average Bonchev–Trinajstić information content (AvgIpc) is 2.28. The van der Waals surface area contributed by atoms with Crippen molar-refractivity contribution in [3.05, 3.63) is 12.2 Å². The zero-order valence-corrected chi connectivity index (χ0v) is 10.8. The van der Waals surface area contributed by atoms with E-state index in [1.807, 2.05) is 0 Å². The maximum absolute atomic E-state index is 11.4. The third-order valence-electron chi connectivity index (χ3n) is 2.58. The number of carbonyl (C=O) groups excluding carboxylic acids is 1. The number of carboxylic acids is 1. The molecule has 3 nitrogen and oxygen atoms in total. The van der Waals surface area contributed by atoms with Crippen molar-refractivity contribution in [1.29, 1.82) is 0 Å². The van der Waals surface area contributed by atoms with Gasteiger partial charge in [0, 0.05) is 19.3 Å². The zero-order valence-electron chi connectivity index (χ0n) is 10.8. The minimum absolute atomic E-state index is 0.218. The molecule has 0 aliphatic heterocycles. The second kappa shape index (κ2) is 11.4. The molecule has 0 saturated carbocycles. The Hall–Kier alpha value is -1.12. The van der Waals surface area contributed by atoms with Gasteiger partial charge in [-0.05, 0) is 32.1 Å². The molecule has 0 unspecified atom stereocenters. The lowest BCUT2D eigenvalue weighted by atomic mass is 10.1. The Morgan fingerprint density at radius 2 is 1.59 bits per heavy atom. The lowest BCUT2D eigenvalue weighted by Gasteiger charge is -1.99. The Morgan fingerprint density at radius 1 is 0.941 bits per heavy atom. The molecule has 0 spiro atoms. The van der Waals surface area contributed by atoms with Crippen LogP contribution in [0.25, 0.3) is 0 Å². The Labute approximate surface area is 104 Å². The van der Waals surface area contributed by atoms with Crippen molar-refractivity contribution in [3.63, 3.8) is 0 Å². The highest BCUT2D eigenvalue weighted by molar-refractivity contribution is 5.78. The molecule has 0 atom stereocenters. The number of carboxylic acid groups (broad SMARTS) is 1. The van der Waals surface area contributed by atoms with Gasteiger partial charge in [0.2, 0.25) is 0 Å². The van der Waals surface area contributed by atoms with Gasteiger partial charge >= 0.3 is 5.97 Å². The van der Waals surface area contributed by atoms with E-state index in [-0.39, 0.29) is 6.42 Å². The minimum Gasteiger partial charge on any atom is -0.481 e. The van der Waals surface area contributed by atoms with Crippen LogP contribution < -0.4 is 0 Å². The summed E-state index contributed by atoms with van der Waals surface area (Å²) in [7, 11) is 0. The van der Waals surface area contributed by atoms with Crippen LogP contribution in [0.5, 0.6) is 0 Å². The molecule has 0 bridgehead atoms. The molecule has 0 aliphatic rings. The normalized spacial score (nSPS) is 10.9. The van der Waals surface area contributed by atoms with E-state index in [1.165, 1.54) is 0 Å². The van der Waals surface area contributed by atoms with Crippen molar-refractivity contribution in [1.82, 2.24) is 0 Å². The molecule has 98 valence electrons. The van der Waals surface area contributed by atoms with E-state index in [9.17, 15) is 9.59 Å². The van der Waals surface area contributed by atoms with Gasteiger partial charge in [-0.15, -0.1) is 0 Å². The molecular formula is C14H24O3. The summed E-state index contributed by atoms with van der Waals surface area (Å²) in [6, 6.07) is 0. The molecule has 0 aromatic carbocycles. The Kier molecular flexibility index (Phi) is 10.6. The number of carbonyl (C=O) groups is 2. The van der Waals surface area contributed by atoms with Crippen LogP contribution in [-0.2, 0) is 9.59 Å². The van der Waals surface area contributed by atoms with Gasteiger partial charge in [0.05, 0.1) is 0 Å². The van der Waals surface area contributed by atoms with Crippen LogP contribution in [-0.4, -0.2) is 16.9 Å². The largest absolute Gasteiger partial charge is 0.481 e. The highest BCUT2D eigenvalue weighted by Crippen LogP contribution is 2.07. The van der Waals surface area contributed by atoms with E-state index >= 15 is 0 Å². The fourth-order valence-corrected chi connectivity index (χ4v) is 1.60. The topological polar surface area (TPSA) is 54.4 Å². The SMILES string of the molecule is CC/C=C\CCCC(=O)CCCCCC(=O)O. The first kappa shape index (κ1) is 15.9. The van der Waals surface area contributed by atoms with Gasteiger partial charge in [0.15, 0.2) is 0 Å². The third kappa shape index (κ3) is 12.8. The summed E-state index contributed by atoms with van der Waals surface area (Å²) >= 11 is 0. The molecule has 0 saturated heterocycles. The zero-order chi connectivity index (χ0) is 12.9. The van der Waals surface area contributed by atoms with Gasteiger partial charge in [0.1, 0.15) is 5.78 Å². The molecule has 0 aliphatic carbocycles. The van der Waals surface area contributed by atoms with Crippen LogP contribution in [0.15, 0.2) is 12.2 Å². The number of hydrogen-bond donors (Lipinski definition) is 1. The van der Waals surface area contributed by atoms with Gasteiger partial charge in [-0.3, -0.25) is 9.59 Å². The van der Waals surface area contributed by atoms with Crippen molar-refractivity contribution in [2.75, 3.05) is 0 Å². The van der Waals surface area contributed by atoms with Crippen molar-refractivity contribution in [3.8, 4) is 0 Å². The molecule has 0 rings (SSSR count).